The van der Waals surface area contributed by atoms with E-state index < -0.39 is 5.60 Å². The highest BCUT2D eigenvalue weighted by molar-refractivity contribution is 5.97. The maximum atomic E-state index is 12.3. The molecule has 0 aliphatic heterocycles. The number of nitrogens with zero attached hydrogens (tertiary/aromatic N) is 4. The first-order valence-electron chi connectivity index (χ1n) is 6.63. The monoisotopic (exact) mass is 276 g/mol. The van der Waals surface area contributed by atoms with Crippen LogP contribution in [0.5, 0.6) is 0 Å². The smallest absolute Gasteiger partial charge is 0.253 e. The number of benzene rings is 1. The van der Waals surface area contributed by atoms with Gasteiger partial charge in [-0.25, -0.2) is 4.68 Å². The minimum Gasteiger partial charge on any atom is -0.389 e. The average molecular weight is 276 g/mol. The van der Waals surface area contributed by atoms with Gasteiger partial charge in [-0.15, -0.1) is 5.10 Å². The van der Waals surface area contributed by atoms with Crippen molar-refractivity contribution in [3.8, 4) is 0 Å². The zero-order valence-corrected chi connectivity index (χ0v) is 12.3. The second kappa shape index (κ2) is 5.20. The predicted octanol–water partition coefficient (Wildman–Crippen LogP) is 1.29. The van der Waals surface area contributed by atoms with Gasteiger partial charge in [0.05, 0.1) is 11.1 Å². The fraction of sp³-hybridized carbons (Fsp3) is 0.500. The number of fused-ring (bicyclic) bond motifs is 1. The molecule has 1 N–H and O–H groups in total. The molecule has 0 spiro atoms. The molecule has 0 radical (unpaired) electrons. The van der Waals surface area contributed by atoms with E-state index in [0.29, 0.717) is 11.1 Å². The molecule has 108 valence electrons. The summed E-state index contributed by atoms with van der Waals surface area (Å²) >= 11 is 0. The number of rotatable bonds is 4. The van der Waals surface area contributed by atoms with E-state index in [2.05, 4.69) is 10.3 Å². The van der Waals surface area contributed by atoms with Crippen LogP contribution >= 0.6 is 0 Å². The van der Waals surface area contributed by atoms with Crippen LogP contribution in [0.3, 0.4) is 0 Å². The Morgan fingerprint density at radius 3 is 2.75 bits per heavy atom. The van der Waals surface area contributed by atoms with Crippen LogP contribution in [0.25, 0.3) is 11.0 Å². The van der Waals surface area contributed by atoms with Crippen LogP contribution in [0, 0.1) is 0 Å². The molecule has 0 fully saturated rings. The highest BCUT2D eigenvalue weighted by atomic mass is 16.3. The lowest BCUT2D eigenvalue weighted by atomic mass is 10.1. The highest BCUT2D eigenvalue weighted by Gasteiger charge is 2.20. The zero-order valence-electron chi connectivity index (χ0n) is 12.3. The number of carbonyl (C=O) groups is 1. The first-order valence-corrected chi connectivity index (χ1v) is 6.63. The minimum atomic E-state index is -0.917. The van der Waals surface area contributed by atoms with Crippen molar-refractivity contribution in [2.75, 3.05) is 13.6 Å². The van der Waals surface area contributed by atoms with Crippen molar-refractivity contribution < 1.29 is 9.90 Å². The number of carbonyl (C=O) groups excluding carboxylic acids is 1. The summed E-state index contributed by atoms with van der Waals surface area (Å²) in [7, 11) is 1.67. The normalized spacial score (nSPS) is 11.8. The lowest BCUT2D eigenvalue weighted by Crippen LogP contribution is -2.39. The molecule has 0 aliphatic rings. The Labute approximate surface area is 118 Å². The summed E-state index contributed by atoms with van der Waals surface area (Å²) in [5.41, 5.74) is 1.25. The van der Waals surface area contributed by atoms with Gasteiger partial charge in [0.2, 0.25) is 0 Å². The van der Waals surface area contributed by atoms with Crippen LogP contribution in [0.2, 0.25) is 0 Å². The molecule has 1 aromatic carbocycles. The summed E-state index contributed by atoms with van der Waals surface area (Å²) < 4.78 is 1.78. The number of amides is 1. The third-order valence-electron chi connectivity index (χ3n) is 3.03. The molecule has 1 amide bonds. The number of aryl methyl sites for hydroxylation is 1. The second-order valence-corrected chi connectivity index (χ2v) is 5.58. The predicted molar refractivity (Wildman–Crippen MR) is 76.5 cm³/mol. The van der Waals surface area contributed by atoms with Crippen LogP contribution in [0.1, 0.15) is 31.1 Å². The van der Waals surface area contributed by atoms with Crippen molar-refractivity contribution in [1.82, 2.24) is 19.9 Å². The number of aromatic nitrogens is 3. The van der Waals surface area contributed by atoms with E-state index in [9.17, 15) is 9.90 Å². The van der Waals surface area contributed by atoms with Crippen LogP contribution in [0.4, 0.5) is 0 Å². The topological polar surface area (TPSA) is 71.2 Å². The Morgan fingerprint density at radius 1 is 1.45 bits per heavy atom. The second-order valence-electron chi connectivity index (χ2n) is 5.58. The van der Waals surface area contributed by atoms with Crippen molar-refractivity contribution >= 4 is 16.9 Å². The quantitative estimate of drug-likeness (QED) is 0.913. The summed E-state index contributed by atoms with van der Waals surface area (Å²) in [6.45, 7) is 6.35. The van der Waals surface area contributed by atoms with Crippen molar-refractivity contribution in [3.63, 3.8) is 0 Å². The van der Waals surface area contributed by atoms with Gasteiger partial charge in [-0.05, 0) is 39.0 Å². The fourth-order valence-electron chi connectivity index (χ4n) is 2.21. The number of hydrogen-bond donors (Lipinski definition) is 1. The molecule has 0 atom stereocenters. The molecular formula is C14H20N4O2. The summed E-state index contributed by atoms with van der Waals surface area (Å²) in [5.74, 6) is -0.139. The van der Waals surface area contributed by atoms with E-state index in [1.54, 1.807) is 37.7 Å². The van der Waals surface area contributed by atoms with Crippen molar-refractivity contribution in [2.24, 2.45) is 0 Å². The van der Waals surface area contributed by atoms with E-state index in [1.807, 2.05) is 13.0 Å². The molecule has 2 aromatic rings. The minimum absolute atomic E-state index is 0.139. The van der Waals surface area contributed by atoms with E-state index in [0.717, 1.165) is 12.1 Å². The standard InChI is InChI=1S/C14H20N4O2/c1-5-18-12-7-6-10(8-11(12)15-16-18)13(19)17(4)9-14(2,3)20/h6-8,20H,5,9H2,1-4H3. The lowest BCUT2D eigenvalue weighted by molar-refractivity contribution is 0.0368. The number of hydrogen-bond acceptors (Lipinski definition) is 4. The van der Waals surface area contributed by atoms with Crippen LogP contribution in [-0.2, 0) is 6.54 Å². The van der Waals surface area contributed by atoms with E-state index in [1.165, 1.54) is 4.90 Å². The van der Waals surface area contributed by atoms with Gasteiger partial charge in [-0.1, -0.05) is 5.21 Å². The molecular weight excluding hydrogens is 256 g/mol. The van der Waals surface area contributed by atoms with Gasteiger partial charge in [0.25, 0.3) is 5.91 Å². The Bertz CT molecular complexity index is 628. The average Bonchev–Trinajstić information content (AvgIpc) is 2.77. The fourth-order valence-corrected chi connectivity index (χ4v) is 2.21. The maximum Gasteiger partial charge on any atom is 0.253 e. The molecule has 0 bridgehead atoms. The third kappa shape index (κ3) is 2.96. The van der Waals surface area contributed by atoms with Gasteiger partial charge >= 0.3 is 0 Å². The summed E-state index contributed by atoms with van der Waals surface area (Å²) in [6.07, 6.45) is 0. The van der Waals surface area contributed by atoms with Crippen molar-refractivity contribution in [3.05, 3.63) is 23.8 Å². The summed E-state index contributed by atoms with van der Waals surface area (Å²) in [6, 6.07) is 5.35. The molecule has 0 unspecified atom stereocenters. The molecule has 0 aliphatic carbocycles. The Hall–Kier alpha value is -1.95. The van der Waals surface area contributed by atoms with Gasteiger partial charge in [-0.3, -0.25) is 4.79 Å². The van der Waals surface area contributed by atoms with Crippen molar-refractivity contribution in [1.29, 1.82) is 0 Å². The highest BCUT2D eigenvalue weighted by Crippen LogP contribution is 2.15. The number of aliphatic hydroxyl groups is 1. The van der Waals surface area contributed by atoms with Gasteiger partial charge < -0.3 is 10.0 Å². The molecule has 6 heteroatoms. The Kier molecular flexibility index (Phi) is 3.76. The first-order chi connectivity index (χ1) is 9.31. The lowest BCUT2D eigenvalue weighted by Gasteiger charge is -2.25. The summed E-state index contributed by atoms with van der Waals surface area (Å²) in [5, 5.41) is 17.9. The Morgan fingerprint density at radius 2 is 2.15 bits per heavy atom. The Balaban J connectivity index is 2.26. The largest absolute Gasteiger partial charge is 0.389 e. The zero-order chi connectivity index (χ0) is 14.9. The molecule has 1 heterocycles. The summed E-state index contributed by atoms with van der Waals surface area (Å²) in [4.78, 5) is 13.8. The third-order valence-corrected chi connectivity index (χ3v) is 3.03. The first kappa shape index (κ1) is 14.5. The molecule has 6 nitrogen and oxygen atoms in total. The maximum absolute atomic E-state index is 12.3. The van der Waals surface area contributed by atoms with E-state index in [-0.39, 0.29) is 12.5 Å². The van der Waals surface area contributed by atoms with Gasteiger partial charge in [0.15, 0.2) is 0 Å². The molecule has 2 rings (SSSR count). The molecule has 20 heavy (non-hydrogen) atoms. The van der Waals surface area contributed by atoms with Gasteiger partial charge in [0, 0.05) is 25.7 Å². The molecule has 0 saturated heterocycles. The number of likely N-dealkylation sites (N-methyl/N-ethyl adjacent to an activating group) is 1. The molecule has 0 saturated carbocycles. The molecule has 1 aromatic heterocycles. The SMILES string of the molecule is CCn1nnc2cc(C(=O)N(C)CC(C)(C)O)ccc21. The van der Waals surface area contributed by atoms with Crippen molar-refractivity contribution in [2.45, 2.75) is 32.9 Å². The van der Waals surface area contributed by atoms with Crippen LogP contribution in [0.15, 0.2) is 18.2 Å². The van der Waals surface area contributed by atoms with E-state index in [4.69, 9.17) is 0 Å². The van der Waals surface area contributed by atoms with Crippen LogP contribution in [-0.4, -0.2) is 50.1 Å². The van der Waals surface area contributed by atoms with Crippen LogP contribution < -0.4 is 0 Å². The van der Waals surface area contributed by atoms with Gasteiger partial charge in [0.1, 0.15) is 5.52 Å². The van der Waals surface area contributed by atoms with E-state index >= 15 is 0 Å². The van der Waals surface area contributed by atoms with Gasteiger partial charge in [-0.2, -0.15) is 0 Å².